The van der Waals surface area contributed by atoms with Gasteiger partial charge in [0, 0.05) is 26.2 Å². The van der Waals surface area contributed by atoms with E-state index in [1.165, 1.54) is 0 Å². The van der Waals surface area contributed by atoms with Crippen molar-refractivity contribution in [3.8, 4) is 0 Å². The van der Waals surface area contributed by atoms with Gasteiger partial charge in [-0.25, -0.2) is 0 Å². The molecule has 2 aliphatic rings. The number of hydrogen-bond donors (Lipinski definition) is 0. The molecule has 1 fully saturated rings. The van der Waals surface area contributed by atoms with E-state index in [0.717, 1.165) is 4.57 Å². The van der Waals surface area contributed by atoms with Crippen LogP contribution in [0.4, 0.5) is 13.2 Å². The maximum absolute atomic E-state index is 12.7. The first-order valence-corrected chi connectivity index (χ1v) is 7.02. The Bertz CT molecular complexity index is 553. The van der Waals surface area contributed by atoms with Crippen LogP contribution >= 0.6 is 0 Å². The third kappa shape index (κ3) is 3.07. The molecule has 0 aromatic carbocycles. The zero-order valence-corrected chi connectivity index (χ0v) is 11.8. The number of rotatable bonds is 2. The van der Waals surface area contributed by atoms with E-state index >= 15 is 0 Å². The van der Waals surface area contributed by atoms with Crippen LogP contribution in [0.1, 0.15) is 11.6 Å². The number of amides is 1. The standard InChI is InChI=1S/C12H16F3N5O2/c13-12(14,15)11-17-16-9-7-18(1-2-20(9)11)8-10(21)19-3-5-22-6-4-19/h1-8H2. The number of fused-ring (bicyclic) bond motifs is 1. The molecule has 0 unspecified atom stereocenters. The van der Waals surface area contributed by atoms with Crippen LogP contribution in [0.25, 0.3) is 0 Å². The highest BCUT2D eigenvalue weighted by Crippen LogP contribution is 2.29. The van der Waals surface area contributed by atoms with Crippen molar-refractivity contribution < 1.29 is 22.7 Å². The van der Waals surface area contributed by atoms with Crippen LogP contribution in [-0.2, 0) is 28.8 Å². The van der Waals surface area contributed by atoms with Crippen molar-refractivity contribution >= 4 is 5.91 Å². The SMILES string of the molecule is O=C(CN1CCn2c(nnc2C(F)(F)F)C1)N1CCOCC1. The lowest BCUT2D eigenvalue weighted by molar-refractivity contribution is -0.148. The fourth-order valence-electron chi connectivity index (χ4n) is 2.66. The Labute approximate surface area is 124 Å². The Morgan fingerprint density at radius 3 is 2.55 bits per heavy atom. The summed E-state index contributed by atoms with van der Waals surface area (Å²) in [6.45, 7) is 3.03. The number of alkyl halides is 3. The number of carbonyl (C=O) groups is 1. The average molecular weight is 319 g/mol. The molecule has 7 nitrogen and oxygen atoms in total. The van der Waals surface area contributed by atoms with Crippen LogP contribution < -0.4 is 0 Å². The van der Waals surface area contributed by atoms with Gasteiger partial charge in [0.15, 0.2) is 0 Å². The van der Waals surface area contributed by atoms with Gasteiger partial charge in [-0.1, -0.05) is 0 Å². The Morgan fingerprint density at radius 1 is 1.14 bits per heavy atom. The van der Waals surface area contributed by atoms with E-state index in [-0.39, 0.29) is 31.4 Å². The van der Waals surface area contributed by atoms with E-state index in [2.05, 4.69) is 10.2 Å². The third-order valence-corrected chi connectivity index (χ3v) is 3.81. The molecule has 3 rings (SSSR count). The first kappa shape index (κ1) is 15.2. The summed E-state index contributed by atoms with van der Waals surface area (Å²) in [6.07, 6.45) is -4.50. The largest absolute Gasteiger partial charge is 0.451 e. The summed E-state index contributed by atoms with van der Waals surface area (Å²) in [5, 5.41) is 6.82. The number of nitrogens with zero attached hydrogens (tertiary/aromatic N) is 5. The number of ether oxygens (including phenoxy) is 1. The number of hydrogen-bond acceptors (Lipinski definition) is 5. The summed E-state index contributed by atoms with van der Waals surface area (Å²) in [7, 11) is 0. The van der Waals surface area contributed by atoms with Crippen LogP contribution in [0.15, 0.2) is 0 Å². The molecule has 0 radical (unpaired) electrons. The van der Waals surface area contributed by atoms with Crippen LogP contribution in [0.3, 0.4) is 0 Å². The molecule has 122 valence electrons. The van der Waals surface area contributed by atoms with Crippen molar-refractivity contribution in [3.05, 3.63) is 11.6 Å². The number of carbonyl (C=O) groups excluding carboxylic acids is 1. The zero-order valence-electron chi connectivity index (χ0n) is 11.8. The molecule has 0 atom stereocenters. The van der Waals surface area contributed by atoms with Gasteiger partial charge in [-0.15, -0.1) is 10.2 Å². The summed E-state index contributed by atoms with van der Waals surface area (Å²) in [4.78, 5) is 15.7. The molecule has 3 heterocycles. The molecule has 10 heteroatoms. The number of aromatic nitrogens is 3. The van der Waals surface area contributed by atoms with Gasteiger partial charge in [0.25, 0.3) is 0 Å². The van der Waals surface area contributed by atoms with Crippen molar-refractivity contribution in [2.75, 3.05) is 39.4 Å². The number of morpholine rings is 1. The van der Waals surface area contributed by atoms with Crippen LogP contribution in [-0.4, -0.2) is 69.9 Å². The van der Waals surface area contributed by atoms with Crippen LogP contribution in [0.5, 0.6) is 0 Å². The first-order valence-electron chi connectivity index (χ1n) is 7.02. The van der Waals surface area contributed by atoms with Crippen molar-refractivity contribution in [1.82, 2.24) is 24.6 Å². The minimum atomic E-state index is -4.50. The maximum Gasteiger partial charge on any atom is 0.451 e. The molecule has 0 saturated carbocycles. The first-order chi connectivity index (χ1) is 10.4. The molecule has 0 spiro atoms. The summed E-state index contributed by atoms with van der Waals surface area (Å²) in [5.41, 5.74) is 0. The van der Waals surface area contributed by atoms with Crippen molar-refractivity contribution in [1.29, 1.82) is 0 Å². The molecule has 0 bridgehead atoms. The minimum Gasteiger partial charge on any atom is -0.378 e. The predicted molar refractivity (Wildman–Crippen MR) is 67.7 cm³/mol. The van der Waals surface area contributed by atoms with Crippen molar-refractivity contribution in [3.63, 3.8) is 0 Å². The highest BCUT2D eigenvalue weighted by molar-refractivity contribution is 5.78. The van der Waals surface area contributed by atoms with E-state index in [1.54, 1.807) is 9.80 Å². The lowest BCUT2D eigenvalue weighted by atomic mass is 10.3. The Kier molecular flexibility index (Phi) is 4.04. The molecule has 1 amide bonds. The van der Waals surface area contributed by atoms with Crippen molar-refractivity contribution in [2.24, 2.45) is 0 Å². The van der Waals surface area contributed by atoms with Gasteiger partial charge in [0.2, 0.25) is 11.7 Å². The summed E-state index contributed by atoms with van der Waals surface area (Å²) in [6, 6.07) is 0. The fourth-order valence-corrected chi connectivity index (χ4v) is 2.66. The van der Waals surface area contributed by atoms with E-state index in [9.17, 15) is 18.0 Å². The highest BCUT2D eigenvalue weighted by atomic mass is 19.4. The number of halogens is 3. The predicted octanol–water partition coefficient (Wildman–Crippen LogP) is -0.0287. The summed E-state index contributed by atoms with van der Waals surface area (Å²) >= 11 is 0. The minimum absolute atomic E-state index is 0.0349. The highest BCUT2D eigenvalue weighted by Gasteiger charge is 2.39. The van der Waals surface area contributed by atoms with E-state index in [4.69, 9.17) is 4.74 Å². The molecule has 1 saturated heterocycles. The van der Waals surface area contributed by atoms with E-state index < -0.39 is 12.0 Å². The van der Waals surface area contributed by atoms with Crippen LogP contribution in [0, 0.1) is 0 Å². The third-order valence-electron chi connectivity index (χ3n) is 3.81. The van der Waals surface area contributed by atoms with Gasteiger partial charge >= 0.3 is 6.18 Å². The molecule has 2 aliphatic heterocycles. The lowest BCUT2D eigenvalue weighted by Crippen LogP contribution is -2.47. The Morgan fingerprint density at radius 2 is 1.86 bits per heavy atom. The molecular formula is C12H16F3N5O2. The van der Waals surface area contributed by atoms with E-state index in [0.29, 0.717) is 32.8 Å². The monoisotopic (exact) mass is 319 g/mol. The van der Waals surface area contributed by atoms with Crippen molar-refractivity contribution in [2.45, 2.75) is 19.3 Å². The molecule has 0 N–H and O–H groups in total. The lowest BCUT2D eigenvalue weighted by Gasteiger charge is -2.31. The molecule has 1 aromatic heterocycles. The van der Waals surface area contributed by atoms with E-state index in [1.807, 2.05) is 0 Å². The summed E-state index contributed by atoms with van der Waals surface area (Å²) in [5.74, 6) is -0.762. The molecule has 1 aromatic rings. The molecule has 22 heavy (non-hydrogen) atoms. The van der Waals surface area contributed by atoms with Crippen LogP contribution in [0.2, 0.25) is 0 Å². The second kappa shape index (κ2) is 5.84. The van der Waals surface area contributed by atoms with Gasteiger partial charge in [-0.3, -0.25) is 9.69 Å². The maximum atomic E-state index is 12.7. The fraction of sp³-hybridized carbons (Fsp3) is 0.750. The Balaban J connectivity index is 1.62. The van der Waals surface area contributed by atoms with Gasteiger partial charge in [-0.05, 0) is 0 Å². The molecular weight excluding hydrogens is 303 g/mol. The summed E-state index contributed by atoms with van der Waals surface area (Å²) < 4.78 is 44.5. The van der Waals surface area contributed by atoms with Gasteiger partial charge in [-0.2, -0.15) is 13.2 Å². The zero-order chi connectivity index (χ0) is 15.7. The smallest absolute Gasteiger partial charge is 0.378 e. The topological polar surface area (TPSA) is 63.5 Å². The quantitative estimate of drug-likeness (QED) is 0.766. The molecule has 0 aliphatic carbocycles. The normalized spacial score (nSPS) is 20.0. The second-order valence-corrected chi connectivity index (χ2v) is 5.29. The van der Waals surface area contributed by atoms with Gasteiger partial charge in [0.1, 0.15) is 5.82 Å². The second-order valence-electron chi connectivity index (χ2n) is 5.29. The Hall–Kier alpha value is -1.68. The van der Waals surface area contributed by atoms with Gasteiger partial charge < -0.3 is 14.2 Å². The van der Waals surface area contributed by atoms with Gasteiger partial charge in [0.05, 0.1) is 26.3 Å². The average Bonchev–Trinajstić information content (AvgIpc) is 2.91.